The van der Waals surface area contributed by atoms with Gasteiger partial charge in [0.2, 0.25) is 5.91 Å². The third-order valence-electron chi connectivity index (χ3n) is 6.50. The average molecular weight is 416 g/mol. The molecule has 29 heavy (non-hydrogen) atoms. The van der Waals surface area contributed by atoms with Gasteiger partial charge in [0, 0.05) is 36.3 Å². The SMILES string of the molecule is C[S+]([O-])NC12CC1CN(C(=O)C1CC1c1ccccc1-c1c(F)cccc1F)C2. The zero-order chi connectivity index (χ0) is 20.3. The van der Waals surface area contributed by atoms with Gasteiger partial charge in [-0.1, -0.05) is 30.3 Å². The lowest BCUT2D eigenvalue weighted by Gasteiger charge is -2.22. The van der Waals surface area contributed by atoms with E-state index in [1.807, 2.05) is 17.0 Å². The quantitative estimate of drug-likeness (QED) is 0.762. The van der Waals surface area contributed by atoms with Gasteiger partial charge >= 0.3 is 0 Å². The van der Waals surface area contributed by atoms with Crippen LogP contribution >= 0.6 is 0 Å². The van der Waals surface area contributed by atoms with Crippen LogP contribution in [0.5, 0.6) is 0 Å². The first-order valence-electron chi connectivity index (χ1n) is 9.83. The molecule has 5 unspecified atom stereocenters. The Labute approximate surface area is 171 Å². The molecule has 152 valence electrons. The summed E-state index contributed by atoms with van der Waals surface area (Å²) in [6.07, 6.45) is 3.26. The first-order chi connectivity index (χ1) is 13.9. The molecule has 1 heterocycles. The predicted octanol–water partition coefficient (Wildman–Crippen LogP) is 3.22. The lowest BCUT2D eigenvalue weighted by atomic mass is 9.95. The Bertz CT molecular complexity index is 965. The molecular weight excluding hydrogens is 394 g/mol. The van der Waals surface area contributed by atoms with Gasteiger partial charge in [-0.15, -0.1) is 4.72 Å². The zero-order valence-corrected chi connectivity index (χ0v) is 16.8. The Hall–Kier alpha value is -1.96. The Balaban J connectivity index is 1.35. The van der Waals surface area contributed by atoms with E-state index < -0.39 is 23.0 Å². The molecule has 5 atom stereocenters. The number of piperidine rings is 1. The number of nitrogens with one attached hydrogen (secondary N) is 1. The number of amides is 1. The lowest BCUT2D eigenvalue weighted by Crippen LogP contribution is -2.43. The second-order valence-corrected chi connectivity index (χ2v) is 9.58. The van der Waals surface area contributed by atoms with Crippen LogP contribution in [0, 0.1) is 23.5 Å². The fourth-order valence-corrected chi connectivity index (χ4v) is 5.83. The number of carbonyl (C=O) groups is 1. The second kappa shape index (κ2) is 6.79. The van der Waals surface area contributed by atoms with Gasteiger partial charge in [0.15, 0.2) is 0 Å². The summed E-state index contributed by atoms with van der Waals surface area (Å²) in [5.74, 6) is -0.921. The van der Waals surface area contributed by atoms with Crippen LogP contribution in [0.1, 0.15) is 24.3 Å². The fraction of sp³-hybridized carbons (Fsp3) is 0.409. The van der Waals surface area contributed by atoms with Crippen LogP contribution in [0.3, 0.4) is 0 Å². The van der Waals surface area contributed by atoms with Crippen LogP contribution in [0.25, 0.3) is 11.1 Å². The Morgan fingerprint density at radius 3 is 2.66 bits per heavy atom. The summed E-state index contributed by atoms with van der Waals surface area (Å²) in [4.78, 5) is 14.9. The number of carbonyl (C=O) groups excluding carboxylic acids is 1. The van der Waals surface area contributed by atoms with E-state index in [0.29, 0.717) is 31.0 Å². The number of rotatable bonds is 5. The maximum atomic E-state index is 14.3. The van der Waals surface area contributed by atoms with Crippen molar-refractivity contribution in [2.24, 2.45) is 11.8 Å². The topological polar surface area (TPSA) is 55.4 Å². The zero-order valence-electron chi connectivity index (χ0n) is 16.0. The number of hydrogen-bond donors (Lipinski definition) is 1. The van der Waals surface area contributed by atoms with Gasteiger partial charge in [0.05, 0.1) is 11.1 Å². The largest absolute Gasteiger partial charge is 0.598 e. The number of nitrogens with zero attached hydrogens (tertiary/aromatic N) is 1. The van der Waals surface area contributed by atoms with Crippen molar-refractivity contribution in [1.29, 1.82) is 0 Å². The summed E-state index contributed by atoms with van der Waals surface area (Å²) in [6.45, 7) is 1.28. The highest BCUT2D eigenvalue weighted by Gasteiger charge is 2.64. The minimum absolute atomic E-state index is 0.0288. The van der Waals surface area contributed by atoms with E-state index in [-0.39, 0.29) is 28.8 Å². The predicted molar refractivity (Wildman–Crippen MR) is 107 cm³/mol. The molecule has 0 aromatic heterocycles. The molecular formula is C22H22F2N2O2S. The standard InChI is InChI=1S/C22H22F2N2O2S/c1-29(28)25-22-10-13(22)11-26(12-22)21(27)17-9-16(17)14-5-2-3-6-15(14)20-18(23)7-4-8-19(20)24/h2-8,13,16-17,25H,9-12H2,1H3. The van der Waals surface area contributed by atoms with Crippen LogP contribution in [0.2, 0.25) is 0 Å². The molecule has 2 saturated carbocycles. The number of benzene rings is 2. The van der Waals surface area contributed by atoms with Gasteiger partial charge in [-0.2, -0.15) is 0 Å². The lowest BCUT2D eigenvalue weighted by molar-refractivity contribution is -0.132. The van der Waals surface area contributed by atoms with Crippen molar-refractivity contribution in [1.82, 2.24) is 9.62 Å². The first-order valence-corrected chi connectivity index (χ1v) is 11.4. The summed E-state index contributed by atoms with van der Waals surface area (Å²) < 4.78 is 43.4. The molecule has 0 radical (unpaired) electrons. The summed E-state index contributed by atoms with van der Waals surface area (Å²) in [7, 11) is 0. The van der Waals surface area contributed by atoms with Crippen molar-refractivity contribution in [3.8, 4) is 11.1 Å². The molecule has 5 rings (SSSR count). The van der Waals surface area contributed by atoms with E-state index in [1.165, 1.54) is 18.2 Å². The third kappa shape index (κ3) is 3.25. The Kier molecular flexibility index (Phi) is 4.46. The minimum atomic E-state index is -1.10. The van der Waals surface area contributed by atoms with Crippen LogP contribution in [-0.2, 0) is 16.2 Å². The molecule has 2 aliphatic carbocycles. The van der Waals surface area contributed by atoms with Crippen molar-refractivity contribution in [3.05, 3.63) is 59.7 Å². The van der Waals surface area contributed by atoms with Gasteiger partial charge in [0.1, 0.15) is 17.9 Å². The molecule has 0 bridgehead atoms. The average Bonchev–Trinajstić information content (AvgIpc) is 3.57. The molecule has 2 aromatic rings. The molecule has 1 saturated heterocycles. The molecule has 3 fully saturated rings. The minimum Gasteiger partial charge on any atom is -0.598 e. The smallest absolute Gasteiger partial charge is 0.226 e. The van der Waals surface area contributed by atoms with E-state index in [2.05, 4.69) is 4.72 Å². The van der Waals surface area contributed by atoms with E-state index in [4.69, 9.17) is 0 Å². The van der Waals surface area contributed by atoms with E-state index >= 15 is 0 Å². The molecule has 7 heteroatoms. The summed E-state index contributed by atoms with van der Waals surface area (Å²) >= 11 is -1.10. The van der Waals surface area contributed by atoms with Crippen molar-refractivity contribution in [3.63, 3.8) is 0 Å². The third-order valence-corrected chi connectivity index (χ3v) is 7.20. The van der Waals surface area contributed by atoms with E-state index in [0.717, 1.165) is 12.0 Å². The van der Waals surface area contributed by atoms with Crippen LogP contribution in [0.4, 0.5) is 8.78 Å². The number of fused-ring (bicyclic) bond motifs is 1. The summed E-state index contributed by atoms with van der Waals surface area (Å²) in [5.41, 5.74) is 1.12. The maximum absolute atomic E-state index is 14.3. The number of likely N-dealkylation sites (tertiary alicyclic amines) is 1. The fourth-order valence-electron chi connectivity index (χ4n) is 4.95. The van der Waals surface area contributed by atoms with E-state index in [9.17, 15) is 18.1 Å². The van der Waals surface area contributed by atoms with Gasteiger partial charge in [-0.05, 0) is 42.0 Å². The van der Waals surface area contributed by atoms with Gasteiger partial charge < -0.3 is 9.45 Å². The molecule has 3 aliphatic rings. The monoisotopic (exact) mass is 416 g/mol. The van der Waals surface area contributed by atoms with Gasteiger partial charge in [-0.3, -0.25) is 4.79 Å². The highest BCUT2D eigenvalue weighted by atomic mass is 32.2. The summed E-state index contributed by atoms with van der Waals surface area (Å²) in [6, 6.07) is 11.1. The number of halogens is 2. The maximum Gasteiger partial charge on any atom is 0.226 e. The van der Waals surface area contributed by atoms with Crippen molar-refractivity contribution >= 4 is 17.3 Å². The van der Waals surface area contributed by atoms with Gasteiger partial charge in [-0.25, -0.2) is 8.78 Å². The number of hydrogen-bond acceptors (Lipinski definition) is 3. The molecule has 4 nitrogen and oxygen atoms in total. The molecule has 1 aliphatic heterocycles. The van der Waals surface area contributed by atoms with Crippen molar-refractivity contribution in [2.75, 3.05) is 19.3 Å². The Morgan fingerprint density at radius 2 is 1.93 bits per heavy atom. The molecule has 2 aromatic carbocycles. The van der Waals surface area contributed by atoms with Gasteiger partial charge in [0.25, 0.3) is 0 Å². The first kappa shape index (κ1) is 19.0. The summed E-state index contributed by atoms with van der Waals surface area (Å²) in [5, 5.41) is 0. The highest BCUT2D eigenvalue weighted by Crippen LogP contribution is 2.55. The van der Waals surface area contributed by atoms with Crippen LogP contribution < -0.4 is 4.72 Å². The van der Waals surface area contributed by atoms with Crippen molar-refractivity contribution in [2.45, 2.75) is 24.3 Å². The normalized spacial score (nSPS) is 30.8. The van der Waals surface area contributed by atoms with Crippen LogP contribution in [-0.4, -0.2) is 40.2 Å². The molecule has 1 amide bonds. The second-order valence-electron chi connectivity index (χ2n) is 8.46. The van der Waals surface area contributed by atoms with Crippen molar-refractivity contribution < 1.29 is 18.1 Å². The molecule has 1 N–H and O–H groups in total. The van der Waals surface area contributed by atoms with Crippen LogP contribution in [0.15, 0.2) is 42.5 Å². The highest BCUT2D eigenvalue weighted by molar-refractivity contribution is 7.88. The Morgan fingerprint density at radius 1 is 1.21 bits per heavy atom. The van der Waals surface area contributed by atoms with E-state index in [1.54, 1.807) is 18.4 Å². The molecule has 0 spiro atoms.